The molecule has 0 unspecified atom stereocenters. The van der Waals surface area contributed by atoms with E-state index in [1.807, 2.05) is 31.2 Å². The van der Waals surface area contributed by atoms with Crippen LogP contribution in [0, 0.1) is 6.92 Å². The summed E-state index contributed by atoms with van der Waals surface area (Å²) in [6, 6.07) is 9.22. The fourth-order valence-electron chi connectivity index (χ4n) is 3.54. The van der Waals surface area contributed by atoms with Crippen molar-refractivity contribution in [2.24, 2.45) is 0 Å². The minimum Gasteiger partial charge on any atom is -0.325 e. The van der Waals surface area contributed by atoms with Crippen LogP contribution in [0.15, 0.2) is 52.5 Å². The van der Waals surface area contributed by atoms with Gasteiger partial charge < -0.3 is 5.32 Å². The molecule has 2 heterocycles. The minimum absolute atomic E-state index is 0.159. The molecule has 0 saturated heterocycles. The third-order valence-corrected chi connectivity index (χ3v) is 6.48. The zero-order valence-electron chi connectivity index (χ0n) is 16.5. The van der Waals surface area contributed by atoms with Crippen molar-refractivity contribution in [3.63, 3.8) is 0 Å². The van der Waals surface area contributed by atoms with Gasteiger partial charge in [-0.25, -0.2) is 4.79 Å². The van der Waals surface area contributed by atoms with E-state index >= 15 is 0 Å². The van der Waals surface area contributed by atoms with Crippen LogP contribution in [0.1, 0.15) is 28.8 Å². The SMILES string of the molecule is Cc1ccc(NC(=O)CSc2nc(=O)n(Cc3cccnc3)c3c2CCC3)cc1Cl. The van der Waals surface area contributed by atoms with Crippen LogP contribution in [-0.4, -0.2) is 26.2 Å². The predicted octanol–water partition coefficient (Wildman–Crippen LogP) is 3.87. The van der Waals surface area contributed by atoms with E-state index in [0.717, 1.165) is 41.6 Å². The number of anilines is 1. The van der Waals surface area contributed by atoms with Crippen molar-refractivity contribution in [2.75, 3.05) is 11.1 Å². The number of hydrogen-bond donors (Lipinski definition) is 1. The highest BCUT2D eigenvalue weighted by Gasteiger charge is 2.22. The maximum atomic E-state index is 12.7. The number of benzene rings is 1. The molecule has 8 heteroatoms. The maximum Gasteiger partial charge on any atom is 0.349 e. The largest absolute Gasteiger partial charge is 0.349 e. The van der Waals surface area contributed by atoms with Gasteiger partial charge in [0.05, 0.1) is 12.3 Å². The van der Waals surface area contributed by atoms with Crippen LogP contribution in [0.2, 0.25) is 5.02 Å². The number of halogens is 1. The molecule has 1 aliphatic carbocycles. The van der Waals surface area contributed by atoms with Gasteiger partial charge >= 0.3 is 5.69 Å². The summed E-state index contributed by atoms with van der Waals surface area (Å²) in [4.78, 5) is 33.5. The Morgan fingerprint density at radius 3 is 2.93 bits per heavy atom. The van der Waals surface area contributed by atoms with E-state index in [1.165, 1.54) is 11.8 Å². The number of nitrogens with one attached hydrogen (secondary N) is 1. The molecule has 0 atom stereocenters. The summed E-state index contributed by atoms with van der Waals surface area (Å²) in [6.07, 6.45) is 6.17. The molecule has 4 rings (SSSR count). The number of amides is 1. The van der Waals surface area contributed by atoms with Gasteiger partial charge in [0, 0.05) is 34.4 Å². The number of aryl methyl sites for hydroxylation is 1. The molecule has 0 bridgehead atoms. The molecule has 1 aromatic carbocycles. The summed E-state index contributed by atoms with van der Waals surface area (Å²) in [5, 5.41) is 4.11. The first-order valence-electron chi connectivity index (χ1n) is 9.71. The quantitative estimate of drug-likeness (QED) is 0.465. The minimum atomic E-state index is -0.285. The number of carbonyl (C=O) groups excluding carboxylic acids is 1. The summed E-state index contributed by atoms with van der Waals surface area (Å²) < 4.78 is 1.73. The van der Waals surface area contributed by atoms with Crippen molar-refractivity contribution in [3.8, 4) is 0 Å². The van der Waals surface area contributed by atoms with Gasteiger partial charge in [-0.15, -0.1) is 0 Å². The Labute approximate surface area is 183 Å². The van der Waals surface area contributed by atoms with Gasteiger partial charge in [0.25, 0.3) is 0 Å². The molecule has 0 spiro atoms. The van der Waals surface area contributed by atoms with Crippen molar-refractivity contribution in [1.29, 1.82) is 0 Å². The van der Waals surface area contributed by atoms with Crippen LogP contribution in [0.5, 0.6) is 0 Å². The van der Waals surface area contributed by atoms with Crippen molar-refractivity contribution < 1.29 is 4.79 Å². The van der Waals surface area contributed by atoms with E-state index < -0.39 is 0 Å². The molecular formula is C22H21ClN4O2S. The van der Waals surface area contributed by atoms with Crippen molar-refractivity contribution in [2.45, 2.75) is 37.8 Å². The molecule has 6 nitrogen and oxygen atoms in total. The van der Waals surface area contributed by atoms with Gasteiger partial charge in [0.2, 0.25) is 5.91 Å². The lowest BCUT2D eigenvalue weighted by Gasteiger charge is -2.14. The van der Waals surface area contributed by atoms with Gasteiger partial charge in [-0.3, -0.25) is 14.3 Å². The average Bonchev–Trinajstić information content (AvgIpc) is 3.22. The van der Waals surface area contributed by atoms with Crippen molar-refractivity contribution in [1.82, 2.24) is 14.5 Å². The second-order valence-corrected chi connectivity index (χ2v) is 8.60. The molecular weight excluding hydrogens is 420 g/mol. The highest BCUT2D eigenvalue weighted by molar-refractivity contribution is 8.00. The lowest BCUT2D eigenvalue weighted by Crippen LogP contribution is -2.28. The highest BCUT2D eigenvalue weighted by atomic mass is 35.5. The Hall–Kier alpha value is -2.64. The number of thioether (sulfide) groups is 1. The summed E-state index contributed by atoms with van der Waals surface area (Å²) in [5.74, 6) is 0.0183. The average molecular weight is 441 g/mol. The van der Waals surface area contributed by atoms with E-state index in [0.29, 0.717) is 22.3 Å². The van der Waals surface area contributed by atoms with E-state index in [1.54, 1.807) is 23.0 Å². The molecule has 2 aromatic heterocycles. The molecule has 1 N–H and O–H groups in total. The second-order valence-electron chi connectivity index (χ2n) is 7.23. The van der Waals surface area contributed by atoms with Crippen LogP contribution < -0.4 is 11.0 Å². The Balaban J connectivity index is 1.49. The second kappa shape index (κ2) is 9.02. The number of fused-ring (bicyclic) bond motifs is 1. The lowest BCUT2D eigenvalue weighted by atomic mass is 10.2. The first-order chi connectivity index (χ1) is 14.5. The summed E-state index contributed by atoms with van der Waals surface area (Å²) in [5.41, 5.74) is 4.39. The molecule has 1 aliphatic rings. The smallest absolute Gasteiger partial charge is 0.325 e. The maximum absolute atomic E-state index is 12.7. The summed E-state index contributed by atoms with van der Waals surface area (Å²) in [6.45, 7) is 2.37. The van der Waals surface area contributed by atoms with Gasteiger partial charge in [-0.05, 0) is 55.5 Å². The van der Waals surface area contributed by atoms with Crippen molar-refractivity contribution >= 4 is 35.0 Å². The van der Waals surface area contributed by atoms with Crippen LogP contribution in [-0.2, 0) is 24.2 Å². The number of carbonyl (C=O) groups is 1. The lowest BCUT2D eigenvalue weighted by molar-refractivity contribution is -0.113. The van der Waals surface area contributed by atoms with Crippen LogP contribution in [0.3, 0.4) is 0 Å². The molecule has 3 aromatic rings. The zero-order valence-corrected chi connectivity index (χ0v) is 18.1. The first kappa shape index (κ1) is 20.6. The van der Waals surface area contributed by atoms with Gasteiger partial charge in [-0.1, -0.05) is 35.5 Å². The monoisotopic (exact) mass is 440 g/mol. The highest BCUT2D eigenvalue weighted by Crippen LogP contribution is 2.29. The van der Waals surface area contributed by atoms with E-state index in [4.69, 9.17) is 11.6 Å². The van der Waals surface area contributed by atoms with Gasteiger partial charge in [0.15, 0.2) is 0 Å². The van der Waals surface area contributed by atoms with Gasteiger partial charge in [-0.2, -0.15) is 4.98 Å². The third kappa shape index (κ3) is 4.57. The zero-order chi connectivity index (χ0) is 21.1. The van der Waals surface area contributed by atoms with Crippen LogP contribution in [0.4, 0.5) is 5.69 Å². The molecule has 0 radical (unpaired) electrons. The predicted molar refractivity (Wildman–Crippen MR) is 119 cm³/mol. The summed E-state index contributed by atoms with van der Waals surface area (Å²) in [7, 11) is 0. The summed E-state index contributed by atoms with van der Waals surface area (Å²) >= 11 is 7.42. The first-order valence-corrected chi connectivity index (χ1v) is 11.1. The number of hydrogen-bond acceptors (Lipinski definition) is 5. The number of rotatable bonds is 6. The van der Waals surface area contributed by atoms with E-state index in [-0.39, 0.29) is 17.3 Å². The van der Waals surface area contributed by atoms with Crippen LogP contribution >= 0.6 is 23.4 Å². The van der Waals surface area contributed by atoms with E-state index in [2.05, 4.69) is 15.3 Å². The third-order valence-electron chi connectivity index (χ3n) is 5.06. The molecule has 0 fully saturated rings. The molecule has 0 saturated carbocycles. The van der Waals surface area contributed by atoms with Gasteiger partial charge in [0.1, 0.15) is 5.03 Å². The number of aromatic nitrogens is 3. The van der Waals surface area contributed by atoms with Crippen molar-refractivity contribution in [3.05, 3.63) is 80.6 Å². The Bertz CT molecular complexity index is 1150. The Kier molecular flexibility index (Phi) is 6.20. The van der Waals surface area contributed by atoms with Crippen LogP contribution in [0.25, 0.3) is 0 Å². The number of nitrogens with zero attached hydrogens (tertiary/aromatic N) is 3. The molecule has 0 aliphatic heterocycles. The fraction of sp³-hybridized carbons (Fsp3) is 0.273. The molecule has 154 valence electrons. The molecule has 1 amide bonds. The van der Waals surface area contributed by atoms with E-state index in [9.17, 15) is 9.59 Å². The standard InChI is InChI=1S/C22H21ClN4O2S/c1-14-7-8-16(10-18(14)23)25-20(28)13-30-21-17-5-2-6-19(17)27(22(29)26-21)12-15-4-3-9-24-11-15/h3-4,7-11H,2,5-6,12-13H2,1H3,(H,25,28). The molecule has 30 heavy (non-hydrogen) atoms. The topological polar surface area (TPSA) is 76.9 Å². The number of pyridine rings is 1. The fourth-order valence-corrected chi connectivity index (χ4v) is 4.60. The Morgan fingerprint density at radius 1 is 1.30 bits per heavy atom. The normalized spacial score (nSPS) is 12.6. The Morgan fingerprint density at radius 2 is 2.17 bits per heavy atom.